The summed E-state index contributed by atoms with van der Waals surface area (Å²) in [5.41, 5.74) is 4.44. The summed E-state index contributed by atoms with van der Waals surface area (Å²) in [6.07, 6.45) is 7.27. The largest absolute Gasteiger partial charge is 0.347 e. The average molecular weight is 449 g/mol. The Bertz CT molecular complexity index is 1300. The second-order valence-corrected chi connectivity index (χ2v) is 10.8. The summed E-state index contributed by atoms with van der Waals surface area (Å²) in [7, 11) is -3.28. The van der Waals surface area contributed by atoms with Crippen molar-refractivity contribution >= 4 is 20.9 Å². The second kappa shape index (κ2) is 8.56. The lowest BCUT2D eigenvalue weighted by atomic mass is 10.1. The molecule has 4 aromatic rings. The smallest absolute Gasteiger partial charge is 0.214 e. The Morgan fingerprint density at radius 3 is 2.72 bits per heavy atom. The van der Waals surface area contributed by atoms with Crippen molar-refractivity contribution in [3.63, 3.8) is 0 Å². The highest BCUT2D eigenvalue weighted by atomic mass is 32.2. The van der Waals surface area contributed by atoms with Gasteiger partial charge in [-0.1, -0.05) is 36.4 Å². The fourth-order valence-electron chi connectivity index (χ4n) is 4.86. The van der Waals surface area contributed by atoms with Gasteiger partial charge in [-0.05, 0) is 55.0 Å². The molecule has 0 unspecified atom stereocenters. The Morgan fingerprint density at radius 1 is 1.09 bits per heavy atom. The van der Waals surface area contributed by atoms with Crippen LogP contribution in [0.15, 0.2) is 73.2 Å². The number of fused-ring (bicyclic) bond motifs is 1. The Hall–Kier alpha value is -2.90. The summed E-state index contributed by atoms with van der Waals surface area (Å²) in [4.78, 5) is 0. The molecule has 6 nitrogen and oxygen atoms in total. The molecule has 2 aromatic carbocycles. The second-order valence-electron chi connectivity index (χ2n) is 8.80. The van der Waals surface area contributed by atoms with Crippen molar-refractivity contribution in [1.82, 2.24) is 19.1 Å². The number of aromatic nitrogens is 3. The quantitative estimate of drug-likeness (QED) is 0.458. The van der Waals surface area contributed by atoms with E-state index in [0.717, 1.165) is 29.7 Å². The maximum Gasteiger partial charge on any atom is 0.214 e. The lowest BCUT2D eigenvalue weighted by molar-refractivity contribution is 0.399. The van der Waals surface area contributed by atoms with Crippen molar-refractivity contribution in [3.05, 3.63) is 78.8 Å². The molecule has 2 atom stereocenters. The molecule has 0 spiro atoms. The van der Waals surface area contributed by atoms with E-state index < -0.39 is 10.0 Å². The van der Waals surface area contributed by atoms with Crippen LogP contribution in [0, 0.1) is 5.92 Å². The van der Waals surface area contributed by atoms with Crippen LogP contribution in [-0.4, -0.2) is 45.8 Å². The fraction of sp³-hybridized carbons (Fsp3) is 0.320. The lowest BCUT2D eigenvalue weighted by Gasteiger charge is -2.21. The molecule has 0 saturated carbocycles. The molecule has 1 N–H and O–H groups in total. The van der Waals surface area contributed by atoms with Crippen LogP contribution in [0.1, 0.15) is 18.9 Å². The number of hydrogen-bond donors (Lipinski definition) is 1. The summed E-state index contributed by atoms with van der Waals surface area (Å²) in [6.45, 7) is 3.44. The third-order valence-corrected chi connectivity index (χ3v) is 8.45. The number of nitrogens with zero attached hydrogens (tertiary/aromatic N) is 3. The molecule has 0 radical (unpaired) electrons. The van der Waals surface area contributed by atoms with Crippen LogP contribution >= 0.6 is 0 Å². The van der Waals surface area contributed by atoms with E-state index in [9.17, 15) is 8.42 Å². The van der Waals surface area contributed by atoms with E-state index in [4.69, 9.17) is 0 Å². The molecule has 1 fully saturated rings. The highest BCUT2D eigenvalue weighted by molar-refractivity contribution is 7.89. The Labute approximate surface area is 188 Å². The van der Waals surface area contributed by atoms with Crippen molar-refractivity contribution in [2.45, 2.75) is 32.4 Å². The lowest BCUT2D eigenvalue weighted by Crippen LogP contribution is -2.36. The van der Waals surface area contributed by atoms with E-state index >= 15 is 0 Å². The van der Waals surface area contributed by atoms with Gasteiger partial charge in [0.25, 0.3) is 0 Å². The molecule has 5 rings (SSSR count). The van der Waals surface area contributed by atoms with Crippen molar-refractivity contribution in [2.24, 2.45) is 5.92 Å². The molecule has 0 amide bonds. The van der Waals surface area contributed by atoms with E-state index in [-0.39, 0.29) is 11.8 Å². The topological polar surface area (TPSA) is 71.0 Å². The molecular formula is C25H28N4O2S. The molecule has 166 valence electrons. The third kappa shape index (κ3) is 4.23. The highest BCUT2D eigenvalue weighted by Gasteiger charge is 2.36. The number of rotatable bonds is 7. The zero-order valence-corrected chi connectivity index (χ0v) is 19.0. The maximum atomic E-state index is 13.0. The van der Waals surface area contributed by atoms with Gasteiger partial charge in [-0.3, -0.25) is 5.10 Å². The van der Waals surface area contributed by atoms with Gasteiger partial charge in [-0.25, -0.2) is 8.42 Å². The fourth-order valence-corrected chi connectivity index (χ4v) is 6.66. The predicted molar refractivity (Wildman–Crippen MR) is 128 cm³/mol. The summed E-state index contributed by atoms with van der Waals surface area (Å²) in [6, 6.07) is 18.4. The van der Waals surface area contributed by atoms with E-state index in [2.05, 4.69) is 45.2 Å². The van der Waals surface area contributed by atoms with Crippen molar-refractivity contribution in [1.29, 1.82) is 0 Å². The van der Waals surface area contributed by atoms with Crippen LogP contribution in [0.2, 0.25) is 0 Å². The summed E-state index contributed by atoms with van der Waals surface area (Å²) < 4.78 is 30.1. The summed E-state index contributed by atoms with van der Waals surface area (Å²) >= 11 is 0. The first-order valence-electron chi connectivity index (χ1n) is 11.1. The van der Waals surface area contributed by atoms with Crippen LogP contribution in [-0.2, 0) is 23.0 Å². The molecule has 1 saturated heterocycles. The van der Waals surface area contributed by atoms with Gasteiger partial charge in [-0.15, -0.1) is 0 Å². The standard InChI is InChI=1S/C25H28N4O2S/c1-19-13-21(18-29(19)32(30,31)12-10-20-5-3-2-4-6-20)17-28-11-9-23-14-22(7-8-25(23)28)24-15-26-27-16-24/h2-9,11,14-16,19,21H,10,12-13,17-18H2,1H3,(H,26,27)/t19-,21-/m1/s1. The van der Waals surface area contributed by atoms with E-state index in [1.165, 1.54) is 10.9 Å². The van der Waals surface area contributed by atoms with Gasteiger partial charge in [0.2, 0.25) is 10.0 Å². The van der Waals surface area contributed by atoms with Gasteiger partial charge in [0, 0.05) is 48.0 Å². The minimum absolute atomic E-state index is 0.0373. The predicted octanol–water partition coefficient (Wildman–Crippen LogP) is 4.31. The molecule has 0 aliphatic carbocycles. The van der Waals surface area contributed by atoms with Crippen LogP contribution in [0.25, 0.3) is 22.0 Å². The van der Waals surface area contributed by atoms with Gasteiger partial charge in [0.15, 0.2) is 0 Å². The third-order valence-electron chi connectivity index (χ3n) is 6.51. The van der Waals surface area contributed by atoms with Crippen LogP contribution in [0.4, 0.5) is 0 Å². The molecular weight excluding hydrogens is 420 g/mol. The molecule has 1 aliphatic heterocycles. The summed E-state index contributed by atoms with van der Waals surface area (Å²) in [5, 5.41) is 8.07. The van der Waals surface area contributed by atoms with E-state index in [1.807, 2.05) is 49.6 Å². The highest BCUT2D eigenvalue weighted by Crippen LogP contribution is 2.30. The Kier molecular flexibility index (Phi) is 5.61. The van der Waals surface area contributed by atoms with Crippen molar-refractivity contribution in [2.75, 3.05) is 12.3 Å². The first-order valence-corrected chi connectivity index (χ1v) is 12.7. The molecule has 7 heteroatoms. The van der Waals surface area contributed by atoms with Gasteiger partial charge in [0.05, 0.1) is 11.9 Å². The van der Waals surface area contributed by atoms with E-state index in [0.29, 0.717) is 18.9 Å². The maximum absolute atomic E-state index is 13.0. The zero-order chi connectivity index (χ0) is 22.1. The SMILES string of the molecule is C[C@@H]1C[C@H](Cn2ccc3cc(-c4cn[nH]c4)ccc32)CN1S(=O)(=O)CCc1ccccc1. The molecule has 2 aromatic heterocycles. The van der Waals surface area contributed by atoms with Crippen LogP contribution in [0.3, 0.4) is 0 Å². The van der Waals surface area contributed by atoms with Crippen LogP contribution < -0.4 is 0 Å². The Balaban J connectivity index is 1.27. The number of sulfonamides is 1. The molecule has 32 heavy (non-hydrogen) atoms. The molecule has 1 aliphatic rings. The van der Waals surface area contributed by atoms with Gasteiger partial charge in [-0.2, -0.15) is 9.40 Å². The first kappa shape index (κ1) is 21.0. The van der Waals surface area contributed by atoms with Gasteiger partial charge < -0.3 is 4.57 Å². The van der Waals surface area contributed by atoms with Crippen molar-refractivity contribution < 1.29 is 8.42 Å². The molecule has 3 heterocycles. The van der Waals surface area contributed by atoms with Gasteiger partial charge >= 0.3 is 0 Å². The molecule has 0 bridgehead atoms. The normalized spacial score (nSPS) is 19.7. The van der Waals surface area contributed by atoms with Crippen LogP contribution in [0.5, 0.6) is 0 Å². The number of aryl methyl sites for hydroxylation is 1. The number of H-pyrrole nitrogens is 1. The average Bonchev–Trinajstić information content (AvgIpc) is 3.54. The summed E-state index contributed by atoms with van der Waals surface area (Å²) in [5.74, 6) is 0.470. The zero-order valence-electron chi connectivity index (χ0n) is 18.2. The number of aromatic amines is 1. The van der Waals surface area contributed by atoms with Crippen molar-refractivity contribution in [3.8, 4) is 11.1 Å². The number of nitrogens with one attached hydrogen (secondary N) is 1. The van der Waals surface area contributed by atoms with E-state index in [1.54, 1.807) is 4.31 Å². The number of benzene rings is 2. The minimum atomic E-state index is -3.28. The monoisotopic (exact) mass is 448 g/mol. The van der Waals surface area contributed by atoms with Gasteiger partial charge in [0.1, 0.15) is 0 Å². The first-order chi connectivity index (χ1) is 15.5. The Morgan fingerprint density at radius 2 is 1.94 bits per heavy atom. The number of hydrogen-bond acceptors (Lipinski definition) is 3. The minimum Gasteiger partial charge on any atom is -0.347 e.